The minimum atomic E-state index is -0.125. The van der Waals surface area contributed by atoms with Gasteiger partial charge in [-0.1, -0.05) is 28.9 Å². The lowest BCUT2D eigenvalue weighted by molar-refractivity contribution is -0.117. The van der Waals surface area contributed by atoms with Gasteiger partial charge in [-0.05, 0) is 43.3 Å². The van der Waals surface area contributed by atoms with Crippen LogP contribution < -0.4 is 5.32 Å². The maximum absolute atomic E-state index is 12.8. The number of halogens is 1. The number of nitrogens with zero attached hydrogens (tertiary/aromatic N) is 4. The van der Waals surface area contributed by atoms with Gasteiger partial charge in [-0.25, -0.2) is 0 Å². The molecule has 2 amide bonds. The Kier molecular flexibility index (Phi) is 6.29. The zero-order valence-corrected chi connectivity index (χ0v) is 17.8. The minimum absolute atomic E-state index is 0.0339. The second-order valence-corrected chi connectivity index (χ2v) is 7.73. The fraction of sp³-hybridized carbons (Fsp3) is 0.273. The summed E-state index contributed by atoms with van der Waals surface area (Å²) in [6, 6.07) is 14.3. The first-order valence-electron chi connectivity index (χ1n) is 9.96. The molecule has 0 bridgehead atoms. The van der Waals surface area contributed by atoms with Crippen molar-refractivity contribution in [2.24, 2.45) is 0 Å². The lowest BCUT2D eigenvalue weighted by Crippen LogP contribution is -2.50. The predicted molar refractivity (Wildman–Crippen MR) is 117 cm³/mol. The van der Waals surface area contributed by atoms with E-state index in [1.807, 2.05) is 17.0 Å². The van der Waals surface area contributed by atoms with Crippen molar-refractivity contribution in [3.8, 4) is 11.5 Å². The molecule has 0 saturated carbocycles. The van der Waals surface area contributed by atoms with Gasteiger partial charge in [0.25, 0.3) is 11.8 Å². The Balaban J connectivity index is 1.28. The van der Waals surface area contributed by atoms with Crippen LogP contribution in [0.4, 0.5) is 5.69 Å². The van der Waals surface area contributed by atoms with Crippen molar-refractivity contribution in [2.75, 3.05) is 38.0 Å². The number of aromatic nitrogens is 2. The molecule has 0 atom stereocenters. The summed E-state index contributed by atoms with van der Waals surface area (Å²) in [5.41, 5.74) is 1.97. The molecule has 2 aromatic carbocycles. The Morgan fingerprint density at radius 2 is 1.77 bits per heavy atom. The van der Waals surface area contributed by atoms with Crippen molar-refractivity contribution in [3.63, 3.8) is 0 Å². The van der Waals surface area contributed by atoms with Crippen LogP contribution in [0.3, 0.4) is 0 Å². The van der Waals surface area contributed by atoms with Crippen LogP contribution in [0.5, 0.6) is 0 Å². The smallest absolute Gasteiger partial charge is 0.257 e. The van der Waals surface area contributed by atoms with Crippen molar-refractivity contribution < 1.29 is 14.1 Å². The molecule has 1 aromatic heterocycles. The molecule has 8 nitrogen and oxygen atoms in total. The van der Waals surface area contributed by atoms with Gasteiger partial charge in [-0.2, -0.15) is 4.98 Å². The summed E-state index contributed by atoms with van der Waals surface area (Å²) in [6.45, 7) is 4.38. The van der Waals surface area contributed by atoms with Crippen LogP contribution in [0, 0.1) is 6.92 Å². The normalized spacial score (nSPS) is 14.5. The number of para-hydroxylation sites is 1. The monoisotopic (exact) mass is 439 g/mol. The second-order valence-electron chi connectivity index (χ2n) is 7.32. The van der Waals surface area contributed by atoms with E-state index in [2.05, 4.69) is 15.5 Å². The predicted octanol–water partition coefficient (Wildman–Crippen LogP) is 3.09. The van der Waals surface area contributed by atoms with Crippen LogP contribution in [-0.2, 0) is 4.79 Å². The molecule has 4 rings (SSSR count). The van der Waals surface area contributed by atoms with E-state index >= 15 is 0 Å². The minimum Gasteiger partial charge on any atom is -0.336 e. The molecule has 2 heterocycles. The highest BCUT2D eigenvalue weighted by Gasteiger charge is 2.23. The van der Waals surface area contributed by atoms with Crippen molar-refractivity contribution in [1.29, 1.82) is 0 Å². The highest BCUT2D eigenvalue weighted by molar-refractivity contribution is 6.33. The van der Waals surface area contributed by atoms with Crippen molar-refractivity contribution in [2.45, 2.75) is 6.92 Å². The number of rotatable bonds is 5. The lowest BCUT2D eigenvalue weighted by Gasteiger charge is -2.34. The SMILES string of the molecule is Cc1noc(-c2ccc(C(=O)N3CCN(CC(=O)Nc4ccccc4Cl)CC3)cc2)n1. The van der Waals surface area contributed by atoms with Gasteiger partial charge < -0.3 is 14.7 Å². The van der Waals surface area contributed by atoms with E-state index in [1.54, 1.807) is 48.2 Å². The molecule has 1 aliphatic rings. The average molecular weight is 440 g/mol. The van der Waals surface area contributed by atoms with Crippen molar-refractivity contribution in [1.82, 2.24) is 19.9 Å². The Morgan fingerprint density at radius 1 is 1.06 bits per heavy atom. The number of anilines is 1. The number of hydrogen-bond acceptors (Lipinski definition) is 6. The van der Waals surface area contributed by atoms with Crippen LogP contribution in [-0.4, -0.2) is 64.5 Å². The number of piperazine rings is 1. The number of hydrogen-bond donors (Lipinski definition) is 1. The van der Waals surface area contributed by atoms with Crippen LogP contribution >= 0.6 is 11.6 Å². The van der Waals surface area contributed by atoms with Gasteiger partial charge in [0, 0.05) is 37.3 Å². The highest BCUT2D eigenvalue weighted by Crippen LogP contribution is 2.21. The fourth-order valence-corrected chi connectivity index (χ4v) is 3.60. The van der Waals surface area contributed by atoms with E-state index in [-0.39, 0.29) is 18.4 Å². The van der Waals surface area contributed by atoms with Crippen molar-refractivity contribution >= 4 is 29.1 Å². The molecule has 0 radical (unpaired) electrons. The van der Waals surface area contributed by atoms with E-state index in [0.717, 1.165) is 5.56 Å². The molecular weight excluding hydrogens is 418 g/mol. The number of aryl methyl sites for hydroxylation is 1. The van der Waals surface area contributed by atoms with E-state index in [1.165, 1.54) is 0 Å². The average Bonchev–Trinajstić information content (AvgIpc) is 3.22. The molecule has 160 valence electrons. The summed E-state index contributed by atoms with van der Waals surface area (Å²) in [6.07, 6.45) is 0. The van der Waals surface area contributed by atoms with Gasteiger partial charge in [-0.15, -0.1) is 0 Å². The molecular formula is C22H22ClN5O3. The number of nitrogens with one attached hydrogen (secondary N) is 1. The summed E-state index contributed by atoms with van der Waals surface area (Å²) in [5.74, 6) is 0.835. The molecule has 0 spiro atoms. The Hall–Kier alpha value is -3.23. The van der Waals surface area contributed by atoms with E-state index < -0.39 is 0 Å². The van der Waals surface area contributed by atoms with Gasteiger partial charge in [0.1, 0.15) is 0 Å². The molecule has 1 aliphatic heterocycles. The Labute approximate surface area is 184 Å². The third-order valence-corrected chi connectivity index (χ3v) is 5.41. The van der Waals surface area contributed by atoms with Gasteiger partial charge >= 0.3 is 0 Å². The molecule has 1 N–H and O–H groups in total. The number of carbonyl (C=O) groups is 2. The largest absolute Gasteiger partial charge is 0.336 e. The topological polar surface area (TPSA) is 91.6 Å². The first-order valence-corrected chi connectivity index (χ1v) is 10.3. The zero-order chi connectivity index (χ0) is 21.8. The fourth-order valence-electron chi connectivity index (χ4n) is 3.42. The molecule has 3 aromatic rings. The summed E-state index contributed by atoms with van der Waals surface area (Å²) in [4.78, 5) is 33.1. The maximum Gasteiger partial charge on any atom is 0.257 e. The second kappa shape index (κ2) is 9.28. The molecule has 0 unspecified atom stereocenters. The summed E-state index contributed by atoms with van der Waals surface area (Å²) >= 11 is 6.08. The lowest BCUT2D eigenvalue weighted by atomic mass is 10.1. The first kappa shape index (κ1) is 21.0. The third-order valence-electron chi connectivity index (χ3n) is 5.08. The Morgan fingerprint density at radius 3 is 2.42 bits per heavy atom. The standard InChI is InChI=1S/C22H22ClN5O3/c1-15-24-21(31-26-15)16-6-8-17(9-7-16)22(30)28-12-10-27(11-13-28)14-20(29)25-19-5-3-2-4-18(19)23/h2-9H,10-14H2,1H3,(H,25,29). The maximum atomic E-state index is 12.8. The van der Waals surface area contributed by atoms with Gasteiger partial charge in [0.2, 0.25) is 5.91 Å². The molecule has 0 aliphatic carbocycles. The van der Waals surface area contributed by atoms with Gasteiger partial charge in [0.05, 0.1) is 17.3 Å². The summed E-state index contributed by atoms with van der Waals surface area (Å²) < 4.78 is 5.15. The number of amides is 2. The quantitative estimate of drug-likeness (QED) is 0.656. The molecule has 1 fully saturated rings. The summed E-state index contributed by atoms with van der Waals surface area (Å²) in [5, 5.41) is 7.11. The molecule has 9 heteroatoms. The Bertz CT molecular complexity index is 1070. The summed E-state index contributed by atoms with van der Waals surface area (Å²) in [7, 11) is 0. The van der Waals surface area contributed by atoms with Crippen LogP contribution in [0.15, 0.2) is 53.1 Å². The van der Waals surface area contributed by atoms with E-state index in [0.29, 0.717) is 54.2 Å². The number of benzene rings is 2. The zero-order valence-electron chi connectivity index (χ0n) is 17.0. The van der Waals surface area contributed by atoms with Gasteiger partial charge in [-0.3, -0.25) is 14.5 Å². The van der Waals surface area contributed by atoms with E-state index in [9.17, 15) is 9.59 Å². The molecule has 1 saturated heterocycles. The number of carbonyl (C=O) groups excluding carboxylic acids is 2. The highest BCUT2D eigenvalue weighted by atomic mass is 35.5. The van der Waals surface area contributed by atoms with Gasteiger partial charge in [0.15, 0.2) is 5.82 Å². The third kappa shape index (κ3) is 5.10. The molecule has 31 heavy (non-hydrogen) atoms. The van der Waals surface area contributed by atoms with Crippen LogP contribution in [0.2, 0.25) is 5.02 Å². The van der Waals surface area contributed by atoms with Crippen molar-refractivity contribution in [3.05, 3.63) is 64.9 Å². The first-order chi connectivity index (χ1) is 15.0. The van der Waals surface area contributed by atoms with E-state index in [4.69, 9.17) is 16.1 Å². The van der Waals surface area contributed by atoms with Crippen LogP contribution in [0.1, 0.15) is 16.2 Å². The van der Waals surface area contributed by atoms with Crippen LogP contribution in [0.25, 0.3) is 11.5 Å².